The van der Waals surface area contributed by atoms with Crippen molar-refractivity contribution in [2.75, 3.05) is 39.6 Å². The van der Waals surface area contributed by atoms with Crippen LogP contribution in [0.3, 0.4) is 0 Å². The second-order valence-electron chi connectivity index (χ2n) is 5.22. The lowest BCUT2D eigenvalue weighted by Gasteiger charge is -2.38. The molecule has 5 nitrogen and oxygen atoms in total. The van der Waals surface area contributed by atoms with Gasteiger partial charge in [0.2, 0.25) is 6.79 Å². The van der Waals surface area contributed by atoms with Crippen molar-refractivity contribution in [1.82, 2.24) is 10.2 Å². The number of alkyl halides is 2. The van der Waals surface area contributed by atoms with E-state index >= 15 is 0 Å². The van der Waals surface area contributed by atoms with Crippen LogP contribution in [-0.2, 0) is 0 Å². The lowest BCUT2D eigenvalue weighted by molar-refractivity contribution is -0.118. The van der Waals surface area contributed by atoms with E-state index in [-0.39, 0.29) is 19.2 Å². The van der Waals surface area contributed by atoms with Crippen LogP contribution < -0.4 is 14.8 Å². The van der Waals surface area contributed by atoms with Gasteiger partial charge >= 0.3 is 0 Å². The summed E-state index contributed by atoms with van der Waals surface area (Å²) in [6.07, 6.45) is 0. The van der Waals surface area contributed by atoms with E-state index in [2.05, 4.69) is 5.32 Å². The first kappa shape index (κ1) is 17.2. The van der Waals surface area contributed by atoms with Crippen molar-refractivity contribution >= 4 is 12.4 Å². The van der Waals surface area contributed by atoms with Crippen molar-refractivity contribution in [2.45, 2.75) is 12.0 Å². The Hall–Kier alpha value is -1.15. The van der Waals surface area contributed by atoms with E-state index in [9.17, 15) is 8.78 Å². The molecule has 1 aromatic rings. The van der Waals surface area contributed by atoms with E-state index in [1.807, 2.05) is 0 Å². The van der Waals surface area contributed by atoms with Gasteiger partial charge in [0.25, 0.3) is 5.92 Å². The Labute approximate surface area is 133 Å². The van der Waals surface area contributed by atoms with E-state index in [1.54, 1.807) is 23.1 Å². The number of aliphatic hydroxyl groups excluding tert-OH is 1. The van der Waals surface area contributed by atoms with Gasteiger partial charge in [-0.1, -0.05) is 6.07 Å². The molecule has 2 heterocycles. The van der Waals surface area contributed by atoms with Gasteiger partial charge in [-0.3, -0.25) is 4.90 Å². The summed E-state index contributed by atoms with van der Waals surface area (Å²) in [4.78, 5) is 1.70. The Morgan fingerprint density at radius 2 is 1.91 bits per heavy atom. The number of nitrogens with one attached hydrogen (secondary N) is 1. The van der Waals surface area contributed by atoms with E-state index in [1.165, 1.54) is 0 Å². The fourth-order valence-electron chi connectivity index (χ4n) is 2.83. The molecule has 1 atom stereocenters. The maximum atomic E-state index is 14.3. The van der Waals surface area contributed by atoms with Gasteiger partial charge in [-0.25, -0.2) is 8.78 Å². The zero-order chi connectivity index (χ0) is 14.9. The number of ether oxygens (including phenoxy) is 2. The zero-order valence-electron chi connectivity index (χ0n) is 11.9. The topological polar surface area (TPSA) is 54.0 Å². The summed E-state index contributed by atoms with van der Waals surface area (Å²) in [5.41, 5.74) is 0.431. The van der Waals surface area contributed by atoms with Gasteiger partial charge < -0.3 is 19.9 Å². The molecule has 0 spiro atoms. The predicted molar refractivity (Wildman–Crippen MR) is 79.0 cm³/mol. The van der Waals surface area contributed by atoms with Crippen LogP contribution in [0.1, 0.15) is 11.6 Å². The molecule has 1 fully saturated rings. The van der Waals surface area contributed by atoms with Gasteiger partial charge in [0, 0.05) is 26.2 Å². The van der Waals surface area contributed by atoms with Crippen molar-refractivity contribution in [2.24, 2.45) is 0 Å². The number of hydrogen-bond donors (Lipinski definition) is 2. The number of benzene rings is 1. The minimum Gasteiger partial charge on any atom is -0.454 e. The molecule has 3 rings (SSSR count). The monoisotopic (exact) mass is 336 g/mol. The van der Waals surface area contributed by atoms with Gasteiger partial charge in [-0.2, -0.15) is 0 Å². The van der Waals surface area contributed by atoms with Crippen LogP contribution in [0, 0.1) is 0 Å². The highest BCUT2D eigenvalue weighted by Gasteiger charge is 2.44. The largest absolute Gasteiger partial charge is 0.454 e. The first-order valence-electron chi connectivity index (χ1n) is 6.95. The molecule has 0 unspecified atom stereocenters. The summed E-state index contributed by atoms with van der Waals surface area (Å²) in [5, 5.41) is 12.2. The summed E-state index contributed by atoms with van der Waals surface area (Å²) in [7, 11) is 0. The molecule has 1 aromatic carbocycles. The highest BCUT2D eigenvalue weighted by atomic mass is 35.5. The van der Waals surface area contributed by atoms with E-state index in [0.29, 0.717) is 43.2 Å². The van der Waals surface area contributed by atoms with E-state index in [0.717, 1.165) is 0 Å². The molecule has 0 bridgehead atoms. The number of halogens is 3. The standard InChI is InChI=1S/C14H18F2N2O3.ClH/c15-14(16,8-19)13(18-5-3-17-4-6-18)10-1-2-11-12(7-10)21-9-20-11;/h1-2,7,13,17,19H,3-6,8-9H2;1H/t13-;/m0./s1. The van der Waals surface area contributed by atoms with Gasteiger partial charge in [0.05, 0.1) is 0 Å². The Morgan fingerprint density at radius 1 is 1.23 bits per heavy atom. The molecule has 0 amide bonds. The molecular formula is C14H19ClF2N2O3. The maximum absolute atomic E-state index is 14.3. The number of piperazine rings is 1. The van der Waals surface area contributed by atoms with Crippen molar-refractivity contribution in [1.29, 1.82) is 0 Å². The predicted octanol–water partition coefficient (Wildman–Crippen LogP) is 1.41. The summed E-state index contributed by atoms with van der Waals surface area (Å²) in [6.45, 7) is 1.25. The van der Waals surface area contributed by atoms with Crippen molar-refractivity contribution in [3.63, 3.8) is 0 Å². The third kappa shape index (κ3) is 3.27. The minimum absolute atomic E-state index is 0. The highest BCUT2D eigenvalue weighted by molar-refractivity contribution is 5.85. The Bertz CT molecular complexity index is 513. The molecule has 1 saturated heterocycles. The fourth-order valence-corrected chi connectivity index (χ4v) is 2.83. The molecule has 22 heavy (non-hydrogen) atoms. The highest BCUT2D eigenvalue weighted by Crippen LogP contribution is 2.41. The molecular weight excluding hydrogens is 318 g/mol. The van der Waals surface area contributed by atoms with Crippen LogP contribution in [0.5, 0.6) is 11.5 Å². The summed E-state index contributed by atoms with van der Waals surface area (Å²) in [5.74, 6) is -2.18. The van der Waals surface area contributed by atoms with Gasteiger partial charge in [0.15, 0.2) is 11.5 Å². The fraction of sp³-hybridized carbons (Fsp3) is 0.571. The Morgan fingerprint density at radius 3 is 2.59 bits per heavy atom. The summed E-state index contributed by atoms with van der Waals surface area (Å²) in [6, 6.07) is 3.67. The van der Waals surface area contributed by atoms with Gasteiger partial charge in [-0.15, -0.1) is 12.4 Å². The number of rotatable bonds is 4. The van der Waals surface area contributed by atoms with E-state index < -0.39 is 18.6 Å². The van der Waals surface area contributed by atoms with Gasteiger partial charge in [-0.05, 0) is 17.7 Å². The molecule has 2 aliphatic rings. The lowest BCUT2D eigenvalue weighted by Crippen LogP contribution is -2.51. The van der Waals surface area contributed by atoms with Crippen molar-refractivity contribution in [3.8, 4) is 11.5 Å². The second-order valence-corrected chi connectivity index (χ2v) is 5.22. The average molecular weight is 337 g/mol. The van der Waals surface area contributed by atoms with E-state index in [4.69, 9.17) is 14.6 Å². The first-order valence-corrected chi connectivity index (χ1v) is 6.95. The smallest absolute Gasteiger partial charge is 0.289 e. The summed E-state index contributed by atoms with van der Waals surface area (Å²) >= 11 is 0. The Balaban J connectivity index is 0.00000176. The molecule has 0 aliphatic carbocycles. The van der Waals surface area contributed by atoms with Crippen LogP contribution in [0.15, 0.2) is 18.2 Å². The van der Waals surface area contributed by atoms with Crippen LogP contribution >= 0.6 is 12.4 Å². The number of fused-ring (bicyclic) bond motifs is 1. The molecule has 0 saturated carbocycles. The molecule has 124 valence electrons. The van der Waals surface area contributed by atoms with Crippen LogP contribution in [0.25, 0.3) is 0 Å². The maximum Gasteiger partial charge on any atom is 0.289 e. The first-order chi connectivity index (χ1) is 10.1. The van der Waals surface area contributed by atoms with Crippen LogP contribution in [-0.4, -0.2) is 55.5 Å². The molecule has 0 aromatic heterocycles. The SMILES string of the molecule is Cl.OCC(F)(F)[C@H](c1ccc2c(c1)OCO2)N1CCNCC1. The average Bonchev–Trinajstić information content (AvgIpc) is 2.96. The number of nitrogens with zero attached hydrogens (tertiary/aromatic N) is 1. The third-order valence-corrected chi connectivity index (χ3v) is 3.84. The molecule has 2 N–H and O–H groups in total. The zero-order valence-corrected chi connectivity index (χ0v) is 12.7. The Kier molecular flexibility index (Phi) is 5.44. The normalized spacial score (nSPS) is 19.6. The molecule has 0 radical (unpaired) electrons. The minimum atomic E-state index is -3.22. The lowest BCUT2D eigenvalue weighted by atomic mass is 9.97. The van der Waals surface area contributed by atoms with Crippen molar-refractivity contribution in [3.05, 3.63) is 23.8 Å². The van der Waals surface area contributed by atoms with Crippen LogP contribution in [0.2, 0.25) is 0 Å². The van der Waals surface area contributed by atoms with Crippen molar-refractivity contribution < 1.29 is 23.4 Å². The van der Waals surface area contributed by atoms with Gasteiger partial charge in [0.1, 0.15) is 12.6 Å². The summed E-state index contributed by atoms with van der Waals surface area (Å²) < 4.78 is 39.0. The van der Waals surface area contributed by atoms with Crippen LogP contribution in [0.4, 0.5) is 8.78 Å². The molecule has 8 heteroatoms. The molecule has 2 aliphatic heterocycles. The second kappa shape index (κ2) is 6.95. The number of hydrogen-bond acceptors (Lipinski definition) is 5. The third-order valence-electron chi connectivity index (χ3n) is 3.84. The quantitative estimate of drug-likeness (QED) is 0.871. The number of aliphatic hydroxyl groups is 1.